The molecule has 1 aliphatic rings. The molecule has 0 bridgehead atoms. The van der Waals surface area contributed by atoms with E-state index in [4.69, 9.17) is 4.74 Å². The summed E-state index contributed by atoms with van der Waals surface area (Å²) in [6, 6.07) is 6.36. The van der Waals surface area contributed by atoms with E-state index in [2.05, 4.69) is 33.6 Å². The Labute approximate surface area is 128 Å². The quantitative estimate of drug-likeness (QED) is 0.805. The highest BCUT2D eigenvalue weighted by Crippen LogP contribution is 2.32. The van der Waals surface area contributed by atoms with Crippen molar-refractivity contribution in [2.45, 2.75) is 13.0 Å². The Kier molecular flexibility index (Phi) is 3.08. The van der Waals surface area contributed by atoms with E-state index in [1.807, 2.05) is 37.2 Å². The maximum atomic E-state index is 6.14. The first kappa shape index (κ1) is 13.3. The number of fused-ring (bicyclic) bond motifs is 1. The molecule has 5 nitrogen and oxygen atoms in total. The van der Waals surface area contributed by atoms with Crippen LogP contribution in [0.15, 0.2) is 36.8 Å². The van der Waals surface area contributed by atoms with Gasteiger partial charge in [0.25, 0.3) is 0 Å². The number of aromatic nitrogens is 3. The van der Waals surface area contributed by atoms with Crippen molar-refractivity contribution in [2.75, 3.05) is 13.1 Å². The molecule has 4 rings (SSSR count). The third-order valence-electron chi connectivity index (χ3n) is 4.09. The van der Waals surface area contributed by atoms with Gasteiger partial charge < -0.3 is 10.1 Å². The van der Waals surface area contributed by atoms with Gasteiger partial charge in [-0.1, -0.05) is 12.1 Å². The average molecular weight is 294 g/mol. The first-order chi connectivity index (χ1) is 10.7. The minimum absolute atomic E-state index is 0.244. The van der Waals surface area contributed by atoms with Crippen LogP contribution in [0.2, 0.25) is 0 Å². The number of aryl methyl sites for hydroxylation is 2. The van der Waals surface area contributed by atoms with Crippen LogP contribution in [0.1, 0.15) is 5.69 Å². The molecule has 2 aromatic heterocycles. The standard InChI is InChI=1S/C17H18N4O/c1-11-17(22-15-8-18-9-15)16-5-12(3-4-13(16)6-19-11)14-7-20-21(2)10-14/h3-7,10,15,18H,8-9H2,1-2H3. The van der Waals surface area contributed by atoms with Crippen LogP contribution in [0.25, 0.3) is 21.9 Å². The number of ether oxygens (including phenoxy) is 1. The van der Waals surface area contributed by atoms with Crippen LogP contribution in [0.3, 0.4) is 0 Å². The van der Waals surface area contributed by atoms with Gasteiger partial charge in [0.1, 0.15) is 11.9 Å². The minimum atomic E-state index is 0.244. The Bertz CT molecular complexity index is 836. The Morgan fingerprint density at radius 3 is 2.77 bits per heavy atom. The summed E-state index contributed by atoms with van der Waals surface area (Å²) in [5.74, 6) is 0.898. The molecular weight excluding hydrogens is 276 g/mol. The normalized spacial score (nSPS) is 15.0. The van der Waals surface area contributed by atoms with Crippen LogP contribution in [0, 0.1) is 6.92 Å². The molecule has 1 N–H and O–H groups in total. The fourth-order valence-electron chi connectivity index (χ4n) is 2.70. The molecule has 1 aliphatic heterocycles. The predicted octanol–water partition coefficient (Wildman–Crippen LogP) is 2.29. The van der Waals surface area contributed by atoms with Crippen molar-refractivity contribution in [3.05, 3.63) is 42.5 Å². The molecule has 0 saturated carbocycles. The summed E-state index contributed by atoms with van der Waals surface area (Å²) < 4.78 is 7.96. The van der Waals surface area contributed by atoms with Gasteiger partial charge in [0.05, 0.1) is 11.9 Å². The smallest absolute Gasteiger partial charge is 0.148 e. The van der Waals surface area contributed by atoms with E-state index in [0.29, 0.717) is 0 Å². The zero-order chi connectivity index (χ0) is 15.1. The van der Waals surface area contributed by atoms with Crippen molar-refractivity contribution in [2.24, 2.45) is 7.05 Å². The highest BCUT2D eigenvalue weighted by atomic mass is 16.5. The number of hydrogen-bond acceptors (Lipinski definition) is 4. The SMILES string of the molecule is Cc1ncc2ccc(-c3cnn(C)c3)cc2c1OC1CNC1. The third-order valence-corrected chi connectivity index (χ3v) is 4.09. The molecule has 3 aromatic rings. The van der Waals surface area contributed by atoms with E-state index in [-0.39, 0.29) is 6.10 Å². The number of pyridine rings is 1. The third kappa shape index (κ3) is 2.23. The van der Waals surface area contributed by atoms with Gasteiger partial charge in [-0.25, -0.2) is 0 Å². The van der Waals surface area contributed by atoms with Crippen molar-refractivity contribution in [3.8, 4) is 16.9 Å². The second-order valence-corrected chi connectivity index (χ2v) is 5.78. The van der Waals surface area contributed by atoms with Gasteiger partial charge in [-0.05, 0) is 18.6 Å². The van der Waals surface area contributed by atoms with Crippen molar-refractivity contribution >= 4 is 10.8 Å². The zero-order valence-electron chi connectivity index (χ0n) is 12.7. The molecule has 5 heteroatoms. The summed E-state index contributed by atoms with van der Waals surface area (Å²) >= 11 is 0. The second-order valence-electron chi connectivity index (χ2n) is 5.78. The molecule has 0 aliphatic carbocycles. The van der Waals surface area contributed by atoms with E-state index in [1.165, 1.54) is 0 Å². The van der Waals surface area contributed by atoms with Crippen LogP contribution >= 0.6 is 0 Å². The lowest BCUT2D eigenvalue weighted by molar-refractivity contribution is 0.143. The molecule has 0 unspecified atom stereocenters. The van der Waals surface area contributed by atoms with Crippen LogP contribution in [-0.2, 0) is 7.05 Å². The van der Waals surface area contributed by atoms with Crippen LogP contribution in [0.5, 0.6) is 5.75 Å². The zero-order valence-corrected chi connectivity index (χ0v) is 12.7. The first-order valence-corrected chi connectivity index (χ1v) is 7.46. The van der Waals surface area contributed by atoms with E-state index < -0.39 is 0 Å². The van der Waals surface area contributed by atoms with Crippen molar-refractivity contribution in [1.29, 1.82) is 0 Å². The molecule has 0 atom stereocenters. The van der Waals surface area contributed by atoms with Gasteiger partial charge >= 0.3 is 0 Å². The minimum Gasteiger partial charge on any atom is -0.485 e. The topological polar surface area (TPSA) is 52.0 Å². The molecule has 1 fully saturated rings. The fourth-order valence-corrected chi connectivity index (χ4v) is 2.70. The van der Waals surface area contributed by atoms with E-state index in [0.717, 1.165) is 46.4 Å². The lowest BCUT2D eigenvalue weighted by atomic mass is 10.0. The van der Waals surface area contributed by atoms with Gasteiger partial charge in [-0.2, -0.15) is 5.10 Å². The summed E-state index contributed by atoms with van der Waals surface area (Å²) in [4.78, 5) is 4.46. The molecule has 1 aromatic carbocycles. The largest absolute Gasteiger partial charge is 0.485 e. The molecule has 1 saturated heterocycles. The number of benzene rings is 1. The Balaban J connectivity index is 1.83. The molecule has 0 spiro atoms. The van der Waals surface area contributed by atoms with E-state index in [1.54, 1.807) is 0 Å². The molecular formula is C17H18N4O. The van der Waals surface area contributed by atoms with Gasteiger partial charge in [-0.3, -0.25) is 9.67 Å². The summed E-state index contributed by atoms with van der Waals surface area (Å²) in [5, 5.41) is 9.69. The van der Waals surface area contributed by atoms with Gasteiger partial charge in [-0.15, -0.1) is 0 Å². The Morgan fingerprint density at radius 1 is 1.23 bits per heavy atom. The number of nitrogens with one attached hydrogen (secondary N) is 1. The van der Waals surface area contributed by atoms with Crippen LogP contribution in [0.4, 0.5) is 0 Å². The molecule has 22 heavy (non-hydrogen) atoms. The number of hydrogen-bond donors (Lipinski definition) is 1. The predicted molar refractivity (Wildman–Crippen MR) is 86.0 cm³/mol. The lowest BCUT2D eigenvalue weighted by Crippen LogP contribution is -2.50. The maximum absolute atomic E-state index is 6.14. The Hall–Kier alpha value is -2.40. The fraction of sp³-hybridized carbons (Fsp3) is 0.294. The monoisotopic (exact) mass is 294 g/mol. The van der Waals surface area contributed by atoms with Crippen molar-refractivity contribution in [3.63, 3.8) is 0 Å². The van der Waals surface area contributed by atoms with Gasteiger partial charge in [0.2, 0.25) is 0 Å². The summed E-state index contributed by atoms with van der Waals surface area (Å²) in [7, 11) is 1.93. The summed E-state index contributed by atoms with van der Waals surface area (Å²) in [6.45, 7) is 3.80. The van der Waals surface area contributed by atoms with Crippen molar-refractivity contribution < 1.29 is 4.74 Å². The van der Waals surface area contributed by atoms with Crippen LogP contribution < -0.4 is 10.1 Å². The highest BCUT2D eigenvalue weighted by molar-refractivity contribution is 5.92. The lowest BCUT2D eigenvalue weighted by Gasteiger charge is -2.28. The Morgan fingerprint density at radius 2 is 2.09 bits per heavy atom. The summed E-state index contributed by atoms with van der Waals surface area (Å²) in [6.07, 6.45) is 6.05. The van der Waals surface area contributed by atoms with Crippen molar-refractivity contribution in [1.82, 2.24) is 20.1 Å². The average Bonchev–Trinajstić information content (AvgIpc) is 2.90. The van der Waals surface area contributed by atoms with E-state index >= 15 is 0 Å². The maximum Gasteiger partial charge on any atom is 0.148 e. The van der Waals surface area contributed by atoms with Gasteiger partial charge in [0, 0.05) is 48.9 Å². The highest BCUT2D eigenvalue weighted by Gasteiger charge is 2.21. The number of nitrogens with zero attached hydrogens (tertiary/aromatic N) is 3. The number of rotatable bonds is 3. The molecule has 112 valence electrons. The molecule has 0 radical (unpaired) electrons. The second kappa shape index (κ2) is 5.10. The van der Waals surface area contributed by atoms with E-state index in [9.17, 15) is 0 Å². The first-order valence-electron chi connectivity index (χ1n) is 7.46. The molecule has 3 heterocycles. The van der Waals surface area contributed by atoms with Crippen LogP contribution in [-0.4, -0.2) is 34.0 Å². The summed E-state index contributed by atoms with van der Waals surface area (Å²) in [5.41, 5.74) is 3.18. The van der Waals surface area contributed by atoms with Gasteiger partial charge in [0.15, 0.2) is 0 Å². The molecule has 0 amide bonds.